The number of hydrogen-bond acceptors (Lipinski definition) is 5. The molecule has 1 fully saturated rings. The second-order valence-corrected chi connectivity index (χ2v) is 5.74. The van der Waals surface area contributed by atoms with E-state index in [2.05, 4.69) is 10.6 Å². The van der Waals surface area contributed by atoms with E-state index in [4.69, 9.17) is 16.3 Å². The maximum Gasteiger partial charge on any atom is 0.356 e. The smallest absolute Gasteiger partial charge is 0.356 e. The van der Waals surface area contributed by atoms with Crippen molar-refractivity contribution in [2.24, 2.45) is 0 Å². The minimum absolute atomic E-state index is 0.162. The first-order chi connectivity index (χ1) is 10.0. The van der Waals surface area contributed by atoms with Crippen LogP contribution in [0.2, 0.25) is 0 Å². The van der Waals surface area contributed by atoms with Gasteiger partial charge in [0.05, 0.1) is 12.9 Å². The largest absolute Gasteiger partial charge is 0.498 e. The monoisotopic (exact) mass is 335 g/mol. The quantitative estimate of drug-likeness (QED) is 0.472. The number of β-lactam (4-membered cyclic amide) rings is 1. The van der Waals surface area contributed by atoms with Crippen molar-refractivity contribution in [1.82, 2.24) is 15.5 Å². The molecule has 8 nitrogen and oxygen atoms in total. The van der Waals surface area contributed by atoms with Crippen LogP contribution in [-0.2, 0) is 14.3 Å². The summed E-state index contributed by atoms with van der Waals surface area (Å²) in [5.74, 6) is -0.870. The minimum Gasteiger partial charge on any atom is -0.498 e. The number of nitrogens with zero attached hydrogens (tertiary/aromatic N) is 1. The molecule has 1 saturated heterocycles. The molecule has 0 aromatic carbocycles. The highest BCUT2D eigenvalue weighted by molar-refractivity contribution is 8.00. The van der Waals surface area contributed by atoms with Gasteiger partial charge in [0.1, 0.15) is 17.2 Å². The number of methoxy groups -OCH3 is 1. The average Bonchev–Trinajstić information content (AvgIpc) is 2.48. The lowest BCUT2D eigenvalue weighted by atomic mass is 10.1. The highest BCUT2D eigenvalue weighted by Gasteiger charge is 2.54. The molecule has 2 atom stereocenters. The molecule has 0 radical (unpaired) electrons. The SMILES string of the molecule is COC1=C(C(=O)O)N2C(=O)[C@@H](NC(=O)NCCCl)[C@@H]2SC1. The van der Waals surface area contributed by atoms with E-state index in [0.29, 0.717) is 5.75 Å². The zero-order valence-corrected chi connectivity index (χ0v) is 12.7. The van der Waals surface area contributed by atoms with Crippen LogP contribution in [0.3, 0.4) is 0 Å². The number of halogens is 1. The van der Waals surface area contributed by atoms with E-state index < -0.39 is 29.3 Å². The summed E-state index contributed by atoms with van der Waals surface area (Å²) in [6, 6.07) is -1.26. The topological polar surface area (TPSA) is 108 Å². The van der Waals surface area contributed by atoms with Crippen LogP contribution in [0.1, 0.15) is 0 Å². The Kier molecular flexibility index (Phi) is 4.84. The molecule has 10 heteroatoms. The fraction of sp³-hybridized carbons (Fsp3) is 0.545. The van der Waals surface area contributed by atoms with Crippen molar-refractivity contribution >= 4 is 41.3 Å². The summed E-state index contributed by atoms with van der Waals surface area (Å²) >= 11 is 6.78. The molecule has 0 saturated carbocycles. The predicted octanol–water partition coefficient (Wildman–Crippen LogP) is -0.249. The molecular formula is C11H14ClN3O5S. The number of thioether (sulfide) groups is 1. The molecule has 116 valence electrons. The van der Waals surface area contributed by atoms with Crippen LogP contribution in [0.25, 0.3) is 0 Å². The number of hydrogen-bond donors (Lipinski definition) is 3. The standard InChI is InChI=1S/C11H14ClN3O5S/c1-20-5-4-21-9-6(14-11(19)13-3-2-12)8(16)15(9)7(5)10(17)18/h6,9H,2-4H2,1H3,(H,17,18)(H2,13,14,19)/t6-,9+/m1/s1. The van der Waals surface area contributed by atoms with Gasteiger partial charge in [-0.05, 0) is 0 Å². The Morgan fingerprint density at radius 3 is 2.86 bits per heavy atom. The number of alkyl halides is 1. The van der Waals surface area contributed by atoms with Crippen LogP contribution in [0.5, 0.6) is 0 Å². The second-order valence-electron chi connectivity index (χ2n) is 4.26. The minimum atomic E-state index is -1.23. The van der Waals surface area contributed by atoms with Gasteiger partial charge in [0.2, 0.25) is 0 Å². The Morgan fingerprint density at radius 1 is 1.57 bits per heavy atom. The summed E-state index contributed by atoms with van der Waals surface area (Å²) < 4.78 is 5.01. The van der Waals surface area contributed by atoms with Crippen molar-refractivity contribution in [3.8, 4) is 0 Å². The van der Waals surface area contributed by atoms with E-state index in [-0.39, 0.29) is 23.9 Å². The Balaban J connectivity index is 2.08. The average molecular weight is 336 g/mol. The third-order valence-electron chi connectivity index (χ3n) is 3.05. The van der Waals surface area contributed by atoms with Crippen LogP contribution >= 0.6 is 23.4 Å². The van der Waals surface area contributed by atoms with Gasteiger partial charge in [-0.2, -0.15) is 0 Å². The first-order valence-electron chi connectivity index (χ1n) is 6.06. The fourth-order valence-electron chi connectivity index (χ4n) is 2.10. The third-order valence-corrected chi connectivity index (χ3v) is 4.49. The van der Waals surface area contributed by atoms with E-state index in [9.17, 15) is 19.5 Å². The fourth-order valence-corrected chi connectivity index (χ4v) is 3.51. The van der Waals surface area contributed by atoms with Gasteiger partial charge in [0.25, 0.3) is 5.91 Å². The Bertz CT molecular complexity index is 512. The summed E-state index contributed by atoms with van der Waals surface area (Å²) in [5, 5.41) is 13.8. The van der Waals surface area contributed by atoms with Crippen LogP contribution in [0, 0.1) is 0 Å². The zero-order valence-electron chi connectivity index (χ0n) is 11.1. The van der Waals surface area contributed by atoms with E-state index in [1.54, 1.807) is 0 Å². The number of carboxylic acid groups (broad SMARTS) is 1. The van der Waals surface area contributed by atoms with Crippen LogP contribution < -0.4 is 10.6 Å². The molecule has 3 amide bonds. The van der Waals surface area contributed by atoms with Gasteiger partial charge in [0.15, 0.2) is 5.70 Å². The molecule has 0 aromatic heterocycles. The van der Waals surface area contributed by atoms with E-state index >= 15 is 0 Å². The van der Waals surface area contributed by atoms with Crippen molar-refractivity contribution in [2.45, 2.75) is 11.4 Å². The normalized spacial score (nSPS) is 24.1. The van der Waals surface area contributed by atoms with E-state index in [0.717, 1.165) is 4.90 Å². The summed E-state index contributed by atoms with van der Waals surface area (Å²) in [5.41, 5.74) is -0.162. The molecule has 2 aliphatic heterocycles. The van der Waals surface area contributed by atoms with Crippen molar-refractivity contribution in [2.75, 3.05) is 25.3 Å². The first kappa shape index (κ1) is 15.8. The molecule has 2 rings (SSSR count). The van der Waals surface area contributed by atoms with Gasteiger partial charge in [-0.25, -0.2) is 9.59 Å². The molecule has 0 unspecified atom stereocenters. The summed E-state index contributed by atoms with van der Waals surface area (Å²) in [6.07, 6.45) is 0. The number of urea groups is 1. The molecule has 0 aromatic rings. The maximum atomic E-state index is 12.1. The van der Waals surface area contributed by atoms with Gasteiger partial charge in [-0.3, -0.25) is 9.69 Å². The molecule has 3 N–H and O–H groups in total. The number of ether oxygens (including phenoxy) is 1. The number of carboxylic acids is 1. The van der Waals surface area contributed by atoms with Gasteiger partial charge in [-0.15, -0.1) is 23.4 Å². The van der Waals surface area contributed by atoms with E-state index in [1.165, 1.54) is 18.9 Å². The second kappa shape index (κ2) is 6.44. The van der Waals surface area contributed by atoms with Crippen molar-refractivity contribution < 1.29 is 24.2 Å². The Labute approximate surface area is 129 Å². The van der Waals surface area contributed by atoms with Crippen molar-refractivity contribution in [3.05, 3.63) is 11.5 Å². The van der Waals surface area contributed by atoms with Crippen molar-refractivity contribution in [1.29, 1.82) is 0 Å². The van der Waals surface area contributed by atoms with Crippen LogP contribution in [-0.4, -0.2) is 64.6 Å². The summed E-state index contributed by atoms with van der Waals surface area (Å²) in [7, 11) is 1.36. The molecular weight excluding hydrogens is 322 g/mol. The van der Waals surface area contributed by atoms with Gasteiger partial charge < -0.3 is 20.5 Å². The number of carbonyl (C=O) groups is 3. The lowest BCUT2D eigenvalue weighted by Crippen LogP contribution is -2.71. The molecule has 0 spiro atoms. The third kappa shape index (κ3) is 2.88. The number of fused-ring (bicyclic) bond motifs is 1. The summed E-state index contributed by atoms with van der Waals surface area (Å²) in [4.78, 5) is 36.0. The number of aliphatic carboxylic acids is 1. The number of amides is 3. The Hall–Kier alpha value is -1.61. The van der Waals surface area contributed by atoms with Gasteiger partial charge in [0, 0.05) is 12.4 Å². The molecule has 21 heavy (non-hydrogen) atoms. The highest BCUT2D eigenvalue weighted by Crippen LogP contribution is 2.40. The highest BCUT2D eigenvalue weighted by atomic mass is 35.5. The number of carbonyl (C=O) groups excluding carboxylic acids is 2. The predicted molar refractivity (Wildman–Crippen MR) is 75.8 cm³/mol. The maximum absolute atomic E-state index is 12.1. The van der Waals surface area contributed by atoms with Gasteiger partial charge >= 0.3 is 12.0 Å². The number of nitrogens with one attached hydrogen (secondary N) is 2. The van der Waals surface area contributed by atoms with Crippen LogP contribution in [0.15, 0.2) is 11.5 Å². The van der Waals surface area contributed by atoms with Crippen molar-refractivity contribution in [3.63, 3.8) is 0 Å². The lowest BCUT2D eigenvalue weighted by molar-refractivity contribution is -0.149. The first-order valence-corrected chi connectivity index (χ1v) is 7.65. The molecule has 2 heterocycles. The lowest BCUT2D eigenvalue weighted by Gasteiger charge is -2.48. The zero-order chi connectivity index (χ0) is 15.6. The summed E-state index contributed by atoms with van der Waals surface area (Å²) in [6.45, 7) is 0.282. The Morgan fingerprint density at radius 2 is 2.29 bits per heavy atom. The number of rotatable bonds is 5. The molecule has 0 bridgehead atoms. The molecule has 0 aliphatic carbocycles. The van der Waals surface area contributed by atoms with E-state index in [1.807, 2.05) is 0 Å². The molecule has 2 aliphatic rings. The van der Waals surface area contributed by atoms with Crippen LogP contribution in [0.4, 0.5) is 4.79 Å². The van der Waals surface area contributed by atoms with Gasteiger partial charge in [-0.1, -0.05) is 0 Å².